The minimum absolute atomic E-state index is 0.0237. The summed E-state index contributed by atoms with van der Waals surface area (Å²) in [7, 11) is 1.63. The van der Waals surface area contributed by atoms with Crippen LogP contribution in [0.25, 0.3) is 0 Å². The zero-order valence-corrected chi connectivity index (χ0v) is 19.0. The molecule has 0 amide bonds. The second kappa shape index (κ2) is 9.70. The molecule has 3 aliphatic rings. The van der Waals surface area contributed by atoms with Crippen LogP contribution in [0.4, 0.5) is 5.69 Å². The zero-order chi connectivity index (χ0) is 22.6. The van der Waals surface area contributed by atoms with Gasteiger partial charge in [0.2, 0.25) is 0 Å². The highest BCUT2D eigenvalue weighted by molar-refractivity contribution is 6.21. The number of rotatable bonds is 8. The number of ether oxygens (including phenoxy) is 2. The average Bonchev–Trinajstić information content (AvgIpc) is 3.36. The maximum atomic E-state index is 12.9. The fourth-order valence-electron chi connectivity index (χ4n) is 4.65. The Bertz CT molecular complexity index is 1080. The van der Waals surface area contributed by atoms with Crippen molar-refractivity contribution in [1.29, 1.82) is 0 Å². The lowest BCUT2D eigenvalue weighted by atomic mass is 10.0. The van der Waals surface area contributed by atoms with E-state index in [9.17, 15) is 4.79 Å². The van der Waals surface area contributed by atoms with Crippen LogP contribution >= 0.6 is 0 Å². The van der Waals surface area contributed by atoms with Crippen molar-refractivity contribution >= 4 is 23.1 Å². The van der Waals surface area contributed by atoms with Crippen molar-refractivity contribution in [3.63, 3.8) is 0 Å². The van der Waals surface area contributed by atoms with Gasteiger partial charge >= 0.3 is 0 Å². The van der Waals surface area contributed by atoms with Gasteiger partial charge in [0, 0.05) is 36.6 Å². The van der Waals surface area contributed by atoms with E-state index in [1.54, 1.807) is 31.6 Å². The lowest BCUT2D eigenvalue weighted by Gasteiger charge is -2.29. The van der Waals surface area contributed by atoms with E-state index >= 15 is 0 Å². The number of benzene rings is 1. The monoisotopic (exact) mass is 447 g/mol. The molecule has 0 spiro atoms. The van der Waals surface area contributed by atoms with E-state index in [1.807, 2.05) is 17.0 Å². The molecule has 1 saturated heterocycles. The Hall–Kier alpha value is -3.26. The second-order valence-corrected chi connectivity index (χ2v) is 8.47. The highest BCUT2D eigenvalue weighted by Gasteiger charge is 2.33. The molecule has 2 aromatic rings. The van der Waals surface area contributed by atoms with E-state index in [1.165, 1.54) is 19.3 Å². The molecule has 172 valence electrons. The molecule has 1 aromatic heterocycles. The van der Waals surface area contributed by atoms with Gasteiger partial charge in [0.05, 0.1) is 20.1 Å². The molecule has 0 radical (unpaired) electrons. The predicted molar refractivity (Wildman–Crippen MR) is 127 cm³/mol. The van der Waals surface area contributed by atoms with E-state index < -0.39 is 0 Å². The number of hydrogen-bond acceptors (Lipinski definition) is 8. The van der Waals surface area contributed by atoms with E-state index in [-0.39, 0.29) is 12.2 Å². The molecule has 0 bridgehead atoms. The Morgan fingerprint density at radius 1 is 1.12 bits per heavy atom. The highest BCUT2D eigenvalue weighted by atomic mass is 16.5. The largest absolute Gasteiger partial charge is 0.491 e. The highest BCUT2D eigenvalue weighted by Crippen LogP contribution is 2.43. The summed E-state index contributed by atoms with van der Waals surface area (Å²) in [6.45, 7) is 5.15. The van der Waals surface area contributed by atoms with Crippen molar-refractivity contribution in [2.75, 3.05) is 46.4 Å². The number of hydrogen-bond donors (Lipinski definition) is 0. The van der Waals surface area contributed by atoms with Crippen LogP contribution in [-0.2, 0) is 0 Å². The molecule has 0 aliphatic carbocycles. The van der Waals surface area contributed by atoms with Gasteiger partial charge in [0.1, 0.15) is 24.0 Å². The summed E-state index contributed by atoms with van der Waals surface area (Å²) in [5, 5.41) is 0. The summed E-state index contributed by atoms with van der Waals surface area (Å²) < 4.78 is 11.9. The fourth-order valence-corrected chi connectivity index (χ4v) is 4.65. The number of amidine groups is 2. The molecular weight excluding hydrogens is 418 g/mol. The summed E-state index contributed by atoms with van der Waals surface area (Å²) >= 11 is 0. The zero-order valence-electron chi connectivity index (χ0n) is 19.0. The normalized spacial score (nSPS) is 17.7. The molecule has 0 unspecified atom stereocenters. The third-order valence-corrected chi connectivity index (χ3v) is 6.35. The maximum absolute atomic E-state index is 12.9. The van der Waals surface area contributed by atoms with Crippen LogP contribution in [0.5, 0.6) is 11.5 Å². The number of ketones is 1. The lowest BCUT2D eigenvalue weighted by Crippen LogP contribution is -2.38. The van der Waals surface area contributed by atoms with Crippen molar-refractivity contribution in [1.82, 2.24) is 14.8 Å². The van der Waals surface area contributed by atoms with E-state index in [2.05, 4.69) is 9.88 Å². The summed E-state index contributed by atoms with van der Waals surface area (Å²) in [5.74, 6) is 2.75. The first-order valence-electron chi connectivity index (χ1n) is 11.6. The first-order valence-corrected chi connectivity index (χ1v) is 11.6. The van der Waals surface area contributed by atoms with Gasteiger partial charge in [-0.2, -0.15) is 0 Å². The first-order chi connectivity index (χ1) is 16.2. The molecule has 33 heavy (non-hydrogen) atoms. The summed E-state index contributed by atoms with van der Waals surface area (Å²) in [5.41, 5.74) is 2.16. The number of fused-ring (bicyclic) bond motifs is 3. The van der Waals surface area contributed by atoms with Gasteiger partial charge in [-0.1, -0.05) is 6.42 Å². The van der Waals surface area contributed by atoms with E-state index in [4.69, 9.17) is 19.5 Å². The number of aromatic nitrogens is 1. The number of Topliss-reactive ketones (excluding diaryl/α,β-unsaturated/α-hetero) is 1. The van der Waals surface area contributed by atoms with Gasteiger partial charge in [0.25, 0.3) is 0 Å². The number of carbonyl (C=O) groups is 1. The van der Waals surface area contributed by atoms with Crippen LogP contribution in [0, 0.1) is 0 Å². The Morgan fingerprint density at radius 2 is 2.00 bits per heavy atom. The Balaban J connectivity index is 1.40. The molecule has 0 saturated carbocycles. The Morgan fingerprint density at radius 3 is 2.79 bits per heavy atom. The Labute approximate surface area is 193 Å². The minimum atomic E-state index is -0.0237. The van der Waals surface area contributed by atoms with Crippen LogP contribution in [0.3, 0.4) is 0 Å². The van der Waals surface area contributed by atoms with Crippen LogP contribution < -0.4 is 9.47 Å². The SMILES string of the molecule is COc1c(OCCN2CCCCC2)ccc2c1N=C(CC(=O)c1cccnc1)N1CCN=C21. The molecule has 5 rings (SSSR count). The van der Waals surface area contributed by atoms with Crippen LogP contribution in [0.2, 0.25) is 0 Å². The predicted octanol–water partition coefficient (Wildman–Crippen LogP) is 3.33. The first kappa shape index (κ1) is 21.6. The summed E-state index contributed by atoms with van der Waals surface area (Å²) in [6, 6.07) is 7.48. The number of piperidine rings is 1. The van der Waals surface area contributed by atoms with Gasteiger partial charge in [-0.3, -0.25) is 19.7 Å². The van der Waals surface area contributed by atoms with Crippen molar-refractivity contribution in [3.05, 3.63) is 47.8 Å². The number of methoxy groups -OCH3 is 1. The molecule has 8 heteroatoms. The Kier molecular flexibility index (Phi) is 6.35. The summed E-state index contributed by atoms with van der Waals surface area (Å²) in [6.07, 6.45) is 7.27. The third kappa shape index (κ3) is 4.48. The van der Waals surface area contributed by atoms with Crippen LogP contribution in [0.1, 0.15) is 41.6 Å². The van der Waals surface area contributed by atoms with Gasteiger partial charge in [-0.05, 0) is 50.2 Å². The standard InChI is InChI=1S/C25H29N5O3/c1-32-24-21(33-15-14-29-11-3-2-4-12-29)8-7-19-23(24)28-22(30-13-10-27-25(19)30)16-20(31)18-6-5-9-26-17-18/h5-9,17H,2-4,10-16H2,1H3. The molecule has 0 N–H and O–H groups in total. The number of nitrogens with zero attached hydrogens (tertiary/aromatic N) is 5. The van der Waals surface area contributed by atoms with Crippen molar-refractivity contribution in [2.45, 2.75) is 25.7 Å². The molecule has 0 atom stereocenters. The van der Waals surface area contributed by atoms with Gasteiger partial charge in [0.15, 0.2) is 17.3 Å². The van der Waals surface area contributed by atoms with Gasteiger partial charge < -0.3 is 14.4 Å². The van der Waals surface area contributed by atoms with Gasteiger partial charge in [-0.25, -0.2) is 4.99 Å². The topological polar surface area (TPSA) is 79.6 Å². The molecular formula is C25H29N5O3. The quantitative estimate of drug-likeness (QED) is 0.578. The summed E-state index contributed by atoms with van der Waals surface area (Å²) in [4.78, 5) is 31.0. The van der Waals surface area contributed by atoms with Crippen molar-refractivity contribution < 1.29 is 14.3 Å². The second-order valence-electron chi connectivity index (χ2n) is 8.47. The molecule has 8 nitrogen and oxygen atoms in total. The van der Waals surface area contributed by atoms with Gasteiger partial charge in [-0.15, -0.1) is 0 Å². The average molecular weight is 448 g/mol. The molecule has 3 aliphatic heterocycles. The number of aliphatic imine (C=N–C) groups is 2. The molecule has 1 aromatic carbocycles. The van der Waals surface area contributed by atoms with E-state index in [0.29, 0.717) is 48.3 Å². The number of likely N-dealkylation sites (tertiary alicyclic amines) is 1. The molecule has 4 heterocycles. The third-order valence-electron chi connectivity index (χ3n) is 6.35. The van der Waals surface area contributed by atoms with E-state index in [0.717, 1.165) is 31.0 Å². The van der Waals surface area contributed by atoms with Crippen molar-refractivity contribution in [2.24, 2.45) is 9.98 Å². The number of carbonyl (C=O) groups excluding carboxylic acids is 1. The lowest BCUT2D eigenvalue weighted by molar-refractivity contribution is 0.0998. The number of pyridine rings is 1. The maximum Gasteiger partial charge on any atom is 0.187 e. The van der Waals surface area contributed by atoms with Crippen LogP contribution in [0.15, 0.2) is 46.6 Å². The van der Waals surface area contributed by atoms with Crippen LogP contribution in [-0.4, -0.2) is 78.7 Å². The smallest absolute Gasteiger partial charge is 0.187 e. The molecule has 1 fully saturated rings. The fraction of sp³-hybridized carbons (Fsp3) is 0.440. The van der Waals surface area contributed by atoms with Crippen molar-refractivity contribution in [3.8, 4) is 11.5 Å². The minimum Gasteiger partial charge on any atom is -0.491 e.